The summed E-state index contributed by atoms with van der Waals surface area (Å²) >= 11 is 0. The Hall–Kier alpha value is -1.57. The topological polar surface area (TPSA) is 73.1 Å². The number of hydrogen-bond donors (Lipinski definition) is 2. The van der Waals surface area contributed by atoms with E-state index >= 15 is 0 Å². The molecular weight excluding hydrogens is 273 g/mol. The van der Waals surface area contributed by atoms with Crippen LogP contribution in [-0.2, 0) is 11.3 Å². The fraction of sp³-hybridized carbons (Fsp3) is 0.667. The molecular formula is C12H19F3N4O. The van der Waals surface area contributed by atoms with Gasteiger partial charge in [-0.1, -0.05) is 0 Å². The lowest BCUT2D eigenvalue weighted by atomic mass is 10.2. The van der Waals surface area contributed by atoms with Gasteiger partial charge in [0, 0.05) is 25.6 Å². The van der Waals surface area contributed by atoms with Crippen LogP contribution in [-0.4, -0.2) is 29.3 Å². The molecule has 0 aliphatic carbocycles. The first kappa shape index (κ1) is 16.5. The van der Waals surface area contributed by atoms with Gasteiger partial charge in [0.05, 0.1) is 0 Å². The van der Waals surface area contributed by atoms with Crippen LogP contribution in [0.1, 0.15) is 32.0 Å². The average molecular weight is 292 g/mol. The number of ether oxygens (including phenoxy) is 1. The van der Waals surface area contributed by atoms with Crippen LogP contribution < -0.4 is 11.1 Å². The number of rotatable bonds is 8. The number of anilines is 2. The van der Waals surface area contributed by atoms with Crippen molar-refractivity contribution in [2.75, 3.05) is 24.2 Å². The first-order chi connectivity index (χ1) is 9.40. The van der Waals surface area contributed by atoms with Crippen molar-refractivity contribution >= 4 is 11.6 Å². The van der Waals surface area contributed by atoms with Crippen molar-refractivity contribution in [3.63, 3.8) is 0 Å². The molecule has 1 heterocycles. The van der Waals surface area contributed by atoms with Gasteiger partial charge in [0.1, 0.15) is 18.2 Å². The molecule has 114 valence electrons. The highest BCUT2D eigenvalue weighted by atomic mass is 19.4. The molecule has 3 N–H and O–H groups in total. The third kappa shape index (κ3) is 7.13. The number of nitrogens with one attached hydrogen (secondary N) is 1. The summed E-state index contributed by atoms with van der Waals surface area (Å²) in [6, 6.07) is 1.54. The van der Waals surface area contributed by atoms with Gasteiger partial charge in [0.2, 0.25) is 0 Å². The maximum absolute atomic E-state index is 12.0. The summed E-state index contributed by atoms with van der Waals surface area (Å²) in [4.78, 5) is 8.17. The highest BCUT2D eigenvalue weighted by Gasteiger charge is 2.25. The normalized spacial score (nSPS) is 11.6. The van der Waals surface area contributed by atoms with E-state index in [1.165, 1.54) is 0 Å². The molecule has 0 aliphatic rings. The summed E-state index contributed by atoms with van der Waals surface area (Å²) in [5.74, 6) is 1.25. The first-order valence-corrected chi connectivity index (χ1v) is 6.42. The Morgan fingerprint density at radius 2 is 2.05 bits per heavy atom. The summed E-state index contributed by atoms with van der Waals surface area (Å²) in [7, 11) is 0. The molecule has 0 aliphatic heterocycles. The van der Waals surface area contributed by atoms with Crippen molar-refractivity contribution < 1.29 is 17.9 Å². The van der Waals surface area contributed by atoms with E-state index in [9.17, 15) is 13.2 Å². The molecule has 5 nitrogen and oxygen atoms in total. The zero-order chi connectivity index (χ0) is 15.0. The monoisotopic (exact) mass is 292 g/mol. The van der Waals surface area contributed by atoms with Gasteiger partial charge >= 0.3 is 6.18 Å². The van der Waals surface area contributed by atoms with Crippen LogP contribution >= 0.6 is 0 Å². The third-order valence-corrected chi connectivity index (χ3v) is 2.42. The molecule has 8 heteroatoms. The van der Waals surface area contributed by atoms with Gasteiger partial charge in [-0.3, -0.25) is 0 Å². The molecule has 0 spiro atoms. The predicted molar refractivity (Wildman–Crippen MR) is 70.2 cm³/mol. The summed E-state index contributed by atoms with van der Waals surface area (Å²) in [6.45, 7) is 3.05. The van der Waals surface area contributed by atoms with Crippen molar-refractivity contribution in [3.8, 4) is 0 Å². The molecule has 0 unspecified atom stereocenters. The molecule has 1 aromatic rings. The maximum atomic E-state index is 12.0. The quantitative estimate of drug-likeness (QED) is 0.721. The molecule has 0 bridgehead atoms. The molecule has 1 rings (SSSR count). The molecule has 0 amide bonds. The van der Waals surface area contributed by atoms with Gasteiger partial charge in [0.25, 0.3) is 0 Å². The van der Waals surface area contributed by atoms with E-state index in [4.69, 9.17) is 10.5 Å². The molecule has 1 aromatic heterocycles. The van der Waals surface area contributed by atoms with Gasteiger partial charge in [-0.25, -0.2) is 9.97 Å². The highest BCUT2D eigenvalue weighted by molar-refractivity contribution is 5.44. The Bertz CT molecular complexity index is 412. The second-order valence-corrected chi connectivity index (χ2v) is 4.23. The van der Waals surface area contributed by atoms with E-state index in [-0.39, 0.29) is 13.0 Å². The Kier molecular flexibility index (Phi) is 6.50. The zero-order valence-corrected chi connectivity index (χ0v) is 11.3. The number of unbranched alkanes of at least 4 members (excludes halogenated alkanes) is 1. The van der Waals surface area contributed by atoms with Crippen molar-refractivity contribution in [1.82, 2.24) is 9.97 Å². The molecule has 0 radical (unpaired) electrons. The Morgan fingerprint density at radius 3 is 2.70 bits per heavy atom. The van der Waals surface area contributed by atoms with Crippen LogP contribution in [0.2, 0.25) is 0 Å². The Morgan fingerprint density at radius 1 is 1.30 bits per heavy atom. The minimum atomic E-state index is -4.09. The van der Waals surface area contributed by atoms with Crippen molar-refractivity contribution in [3.05, 3.63) is 11.9 Å². The second-order valence-electron chi connectivity index (χ2n) is 4.23. The Labute approximate surface area is 115 Å². The average Bonchev–Trinajstić information content (AvgIpc) is 2.34. The van der Waals surface area contributed by atoms with E-state index in [0.29, 0.717) is 37.0 Å². The Balaban J connectivity index is 2.37. The minimum absolute atomic E-state index is 0.0862. The number of aromatic nitrogens is 2. The number of alkyl halides is 3. The summed E-state index contributed by atoms with van der Waals surface area (Å²) in [5, 5.41) is 2.93. The minimum Gasteiger partial charge on any atom is -0.384 e. The molecule has 0 aromatic carbocycles. The van der Waals surface area contributed by atoms with Gasteiger partial charge in [-0.05, 0) is 19.8 Å². The SMILES string of the molecule is CCOCc1nc(N)cc(NCCCCC(F)(F)F)n1. The van der Waals surface area contributed by atoms with E-state index in [0.717, 1.165) is 0 Å². The van der Waals surface area contributed by atoms with Crippen molar-refractivity contribution in [2.45, 2.75) is 39.0 Å². The van der Waals surface area contributed by atoms with Crippen LogP contribution in [0.25, 0.3) is 0 Å². The smallest absolute Gasteiger partial charge is 0.384 e. The van der Waals surface area contributed by atoms with Gasteiger partial charge in [-0.2, -0.15) is 13.2 Å². The number of nitrogens with two attached hydrogens (primary N) is 1. The predicted octanol–water partition coefficient (Wildman–Crippen LogP) is 2.74. The molecule has 0 fully saturated rings. The van der Waals surface area contributed by atoms with Gasteiger partial charge in [-0.15, -0.1) is 0 Å². The standard InChI is InChI=1S/C12H19F3N4O/c1-2-20-8-11-18-9(16)7-10(19-11)17-6-4-3-5-12(13,14)15/h7H,2-6,8H2,1H3,(H3,16,17,18,19). The number of nitrogens with zero attached hydrogens (tertiary/aromatic N) is 2. The van der Waals surface area contributed by atoms with Crippen molar-refractivity contribution in [1.29, 1.82) is 0 Å². The van der Waals surface area contributed by atoms with E-state index in [1.807, 2.05) is 6.92 Å². The van der Waals surface area contributed by atoms with Crippen LogP contribution in [0.5, 0.6) is 0 Å². The fourth-order valence-electron chi connectivity index (χ4n) is 1.53. The molecule has 0 saturated heterocycles. The van der Waals surface area contributed by atoms with E-state index in [2.05, 4.69) is 15.3 Å². The lowest BCUT2D eigenvalue weighted by molar-refractivity contribution is -0.135. The first-order valence-electron chi connectivity index (χ1n) is 6.42. The summed E-state index contributed by atoms with van der Waals surface area (Å²) < 4.78 is 41.1. The third-order valence-electron chi connectivity index (χ3n) is 2.42. The highest BCUT2D eigenvalue weighted by Crippen LogP contribution is 2.22. The van der Waals surface area contributed by atoms with E-state index in [1.54, 1.807) is 6.07 Å². The van der Waals surface area contributed by atoms with E-state index < -0.39 is 12.6 Å². The number of hydrogen-bond acceptors (Lipinski definition) is 5. The van der Waals surface area contributed by atoms with Crippen LogP contribution in [0.3, 0.4) is 0 Å². The molecule has 0 atom stereocenters. The largest absolute Gasteiger partial charge is 0.389 e. The zero-order valence-electron chi connectivity index (χ0n) is 11.3. The lowest BCUT2D eigenvalue weighted by Crippen LogP contribution is -2.10. The summed E-state index contributed by atoms with van der Waals surface area (Å²) in [5.41, 5.74) is 5.62. The number of halogens is 3. The molecule has 20 heavy (non-hydrogen) atoms. The van der Waals surface area contributed by atoms with Crippen LogP contribution in [0.15, 0.2) is 6.07 Å². The second kappa shape index (κ2) is 7.88. The molecule has 0 saturated carbocycles. The van der Waals surface area contributed by atoms with Crippen LogP contribution in [0, 0.1) is 0 Å². The summed E-state index contributed by atoms with van der Waals surface area (Å²) in [6.07, 6.45) is -4.37. The lowest BCUT2D eigenvalue weighted by Gasteiger charge is -2.09. The fourth-order valence-corrected chi connectivity index (χ4v) is 1.53. The maximum Gasteiger partial charge on any atom is 0.389 e. The van der Waals surface area contributed by atoms with Gasteiger partial charge < -0.3 is 15.8 Å². The number of nitrogen functional groups attached to an aromatic ring is 1. The van der Waals surface area contributed by atoms with Crippen LogP contribution in [0.4, 0.5) is 24.8 Å². The van der Waals surface area contributed by atoms with Crippen molar-refractivity contribution in [2.24, 2.45) is 0 Å². The van der Waals surface area contributed by atoms with Gasteiger partial charge in [0.15, 0.2) is 5.82 Å².